The summed E-state index contributed by atoms with van der Waals surface area (Å²) in [7, 11) is 0. The first-order valence-corrected chi connectivity index (χ1v) is 10.7. The van der Waals surface area contributed by atoms with Crippen LogP contribution in [0.3, 0.4) is 0 Å². The third-order valence-corrected chi connectivity index (χ3v) is 9.09. The molecule has 1 heterocycles. The minimum atomic E-state index is -0.390. The Morgan fingerprint density at radius 2 is 1.96 bits per heavy atom. The SMILES string of the molecule is C[C@]12CCC(=O)C=C1C[C@@H](C(N)=O)C1C2=CC[C@@]2(C)C1CC[C@@]21CCC(=O)O1. The van der Waals surface area contributed by atoms with Crippen LogP contribution in [0.1, 0.15) is 65.2 Å². The second-order valence-corrected chi connectivity index (χ2v) is 10.1. The van der Waals surface area contributed by atoms with Gasteiger partial charge in [0.15, 0.2) is 5.78 Å². The fourth-order valence-corrected chi connectivity index (χ4v) is 7.43. The van der Waals surface area contributed by atoms with Crippen LogP contribution in [-0.2, 0) is 19.1 Å². The van der Waals surface area contributed by atoms with Gasteiger partial charge in [0.05, 0.1) is 0 Å². The molecule has 0 aromatic rings. The van der Waals surface area contributed by atoms with Gasteiger partial charge in [-0.1, -0.05) is 31.1 Å². The van der Waals surface area contributed by atoms with Gasteiger partial charge in [-0.25, -0.2) is 0 Å². The highest BCUT2D eigenvalue weighted by Gasteiger charge is 2.67. The molecule has 0 bridgehead atoms. The zero-order chi connectivity index (χ0) is 19.9. The second-order valence-electron chi connectivity index (χ2n) is 10.1. The third kappa shape index (κ3) is 2.11. The number of carbonyl (C=O) groups excluding carboxylic acids is 3. The number of fused-ring (bicyclic) bond motifs is 6. The van der Waals surface area contributed by atoms with E-state index in [1.165, 1.54) is 5.57 Å². The molecular formula is C23H29NO4. The maximum Gasteiger partial charge on any atom is 0.306 e. The van der Waals surface area contributed by atoms with Crippen molar-refractivity contribution in [2.75, 3.05) is 0 Å². The quantitative estimate of drug-likeness (QED) is 0.556. The molecule has 5 heteroatoms. The van der Waals surface area contributed by atoms with Gasteiger partial charge in [0.25, 0.3) is 0 Å². The highest BCUT2D eigenvalue weighted by Crippen LogP contribution is 2.68. The van der Waals surface area contributed by atoms with Gasteiger partial charge in [-0.3, -0.25) is 14.4 Å². The molecule has 0 aromatic carbocycles. The van der Waals surface area contributed by atoms with Crippen LogP contribution in [0.25, 0.3) is 0 Å². The second kappa shape index (κ2) is 5.58. The number of nitrogens with two attached hydrogens (primary N) is 1. The molecule has 1 amide bonds. The molecule has 28 heavy (non-hydrogen) atoms. The Hall–Kier alpha value is -1.91. The number of esters is 1. The van der Waals surface area contributed by atoms with E-state index in [1.54, 1.807) is 6.08 Å². The highest BCUT2D eigenvalue weighted by molar-refractivity contribution is 5.92. The normalized spacial score (nSPS) is 47.0. The summed E-state index contributed by atoms with van der Waals surface area (Å²) in [4.78, 5) is 36.6. The first kappa shape index (κ1) is 18.1. The zero-order valence-corrected chi connectivity index (χ0v) is 16.8. The Morgan fingerprint density at radius 3 is 2.64 bits per heavy atom. The summed E-state index contributed by atoms with van der Waals surface area (Å²) in [5, 5.41) is 0. The first-order valence-electron chi connectivity index (χ1n) is 10.7. The summed E-state index contributed by atoms with van der Waals surface area (Å²) < 4.78 is 5.96. The van der Waals surface area contributed by atoms with E-state index in [4.69, 9.17) is 10.5 Å². The van der Waals surface area contributed by atoms with Crippen LogP contribution < -0.4 is 5.73 Å². The van der Waals surface area contributed by atoms with E-state index in [2.05, 4.69) is 19.9 Å². The van der Waals surface area contributed by atoms with Gasteiger partial charge >= 0.3 is 5.97 Å². The summed E-state index contributed by atoms with van der Waals surface area (Å²) in [6.07, 6.45) is 10.0. The van der Waals surface area contributed by atoms with Gasteiger partial charge < -0.3 is 10.5 Å². The standard InChI is InChI=1S/C23H29NO4/c1-21-7-3-14(25)11-13(21)12-15(20(24)27)19-16(21)4-8-22(2)17(19)5-9-23(22)10-6-18(26)28-23/h4,11,15,17,19H,3,5-10,12H2,1-2H3,(H2,24,27)/t15-,17?,19?,21+,22+,23-/m1/s1. The Balaban J connectivity index is 1.63. The molecule has 5 rings (SSSR count). The van der Waals surface area contributed by atoms with Crippen molar-refractivity contribution in [3.8, 4) is 0 Å². The fourth-order valence-electron chi connectivity index (χ4n) is 7.43. The minimum Gasteiger partial charge on any atom is -0.458 e. The predicted molar refractivity (Wildman–Crippen MR) is 103 cm³/mol. The van der Waals surface area contributed by atoms with Crippen molar-refractivity contribution in [3.05, 3.63) is 23.3 Å². The van der Waals surface area contributed by atoms with Crippen LogP contribution >= 0.6 is 0 Å². The molecule has 1 spiro atoms. The van der Waals surface area contributed by atoms with Crippen LogP contribution in [-0.4, -0.2) is 23.3 Å². The molecule has 2 N–H and O–H groups in total. The third-order valence-electron chi connectivity index (χ3n) is 9.09. The molecular weight excluding hydrogens is 354 g/mol. The lowest BCUT2D eigenvalue weighted by Crippen LogP contribution is -2.54. The maximum absolute atomic E-state index is 12.5. The summed E-state index contributed by atoms with van der Waals surface area (Å²) in [5.74, 6) is -0.112. The van der Waals surface area contributed by atoms with E-state index in [0.717, 1.165) is 37.7 Å². The van der Waals surface area contributed by atoms with Crippen LogP contribution in [0.4, 0.5) is 0 Å². The number of ketones is 1. The number of rotatable bonds is 1. The van der Waals surface area contributed by atoms with E-state index in [1.807, 2.05) is 0 Å². The monoisotopic (exact) mass is 383 g/mol. The van der Waals surface area contributed by atoms with Gasteiger partial charge in [-0.05, 0) is 56.4 Å². The molecule has 3 fully saturated rings. The molecule has 0 aromatic heterocycles. The number of ether oxygens (including phenoxy) is 1. The molecule has 1 aliphatic heterocycles. The minimum absolute atomic E-state index is 0.0882. The molecule has 2 unspecified atom stereocenters. The van der Waals surface area contributed by atoms with Crippen LogP contribution in [0.15, 0.2) is 23.3 Å². The summed E-state index contributed by atoms with van der Waals surface area (Å²) >= 11 is 0. The van der Waals surface area contributed by atoms with Crippen molar-refractivity contribution < 1.29 is 19.1 Å². The lowest BCUT2D eigenvalue weighted by molar-refractivity contribution is -0.161. The topological polar surface area (TPSA) is 86.5 Å². The molecule has 2 saturated carbocycles. The smallest absolute Gasteiger partial charge is 0.306 e. The van der Waals surface area contributed by atoms with E-state index in [9.17, 15) is 14.4 Å². The predicted octanol–water partition coefficient (Wildman–Crippen LogP) is 3.23. The molecule has 4 aliphatic carbocycles. The summed E-state index contributed by atoms with van der Waals surface area (Å²) in [6.45, 7) is 4.50. The number of amides is 1. The van der Waals surface area contributed by atoms with Crippen molar-refractivity contribution >= 4 is 17.7 Å². The van der Waals surface area contributed by atoms with Crippen molar-refractivity contribution in [2.45, 2.75) is 70.8 Å². The van der Waals surface area contributed by atoms with Gasteiger partial charge in [-0.2, -0.15) is 0 Å². The van der Waals surface area contributed by atoms with Crippen LogP contribution in [0, 0.1) is 28.6 Å². The number of primary amides is 1. The summed E-state index contributed by atoms with van der Waals surface area (Å²) in [6, 6.07) is 0. The van der Waals surface area contributed by atoms with Crippen LogP contribution in [0.5, 0.6) is 0 Å². The lowest BCUT2D eigenvalue weighted by Gasteiger charge is -2.56. The molecule has 0 radical (unpaired) electrons. The molecule has 150 valence electrons. The number of hydrogen-bond donors (Lipinski definition) is 1. The number of hydrogen-bond acceptors (Lipinski definition) is 4. The molecule has 6 atom stereocenters. The Kier molecular flexibility index (Phi) is 3.61. The molecule has 5 aliphatic rings. The fraction of sp³-hybridized carbons (Fsp3) is 0.696. The van der Waals surface area contributed by atoms with E-state index in [-0.39, 0.29) is 46.2 Å². The maximum atomic E-state index is 12.5. The summed E-state index contributed by atoms with van der Waals surface area (Å²) in [5.41, 5.74) is 7.61. The van der Waals surface area contributed by atoms with Crippen molar-refractivity contribution in [1.29, 1.82) is 0 Å². The number of allylic oxidation sites excluding steroid dienone is 4. The Morgan fingerprint density at radius 1 is 1.18 bits per heavy atom. The Labute approximate surface area is 165 Å². The van der Waals surface area contributed by atoms with Crippen molar-refractivity contribution in [3.63, 3.8) is 0 Å². The highest BCUT2D eigenvalue weighted by atomic mass is 16.6. The van der Waals surface area contributed by atoms with Gasteiger partial charge in [0.1, 0.15) is 5.60 Å². The Bertz CT molecular complexity index is 857. The first-order chi connectivity index (χ1) is 13.2. The molecule has 1 saturated heterocycles. The molecule has 5 nitrogen and oxygen atoms in total. The zero-order valence-electron chi connectivity index (χ0n) is 16.8. The van der Waals surface area contributed by atoms with Crippen molar-refractivity contribution in [1.82, 2.24) is 0 Å². The van der Waals surface area contributed by atoms with E-state index < -0.39 is 5.60 Å². The van der Waals surface area contributed by atoms with Gasteiger partial charge in [-0.15, -0.1) is 0 Å². The largest absolute Gasteiger partial charge is 0.458 e. The van der Waals surface area contributed by atoms with Gasteiger partial charge in [0.2, 0.25) is 5.91 Å². The average molecular weight is 383 g/mol. The lowest BCUT2D eigenvalue weighted by atomic mass is 9.48. The van der Waals surface area contributed by atoms with Crippen LogP contribution in [0.2, 0.25) is 0 Å². The van der Waals surface area contributed by atoms with E-state index in [0.29, 0.717) is 19.3 Å². The van der Waals surface area contributed by atoms with Crippen molar-refractivity contribution in [2.24, 2.45) is 34.3 Å². The number of carbonyl (C=O) groups is 3. The van der Waals surface area contributed by atoms with Gasteiger partial charge in [0, 0.05) is 29.6 Å². The average Bonchev–Trinajstić information content (AvgIpc) is 3.16. The van der Waals surface area contributed by atoms with E-state index >= 15 is 0 Å².